The number of carbonyl (C=O) groups excluding carboxylic acids is 2. The van der Waals surface area contributed by atoms with Crippen molar-refractivity contribution < 1.29 is 19.4 Å². The quantitative estimate of drug-likeness (QED) is 0.601. The summed E-state index contributed by atoms with van der Waals surface area (Å²) in [6.45, 7) is 0.0257. The first-order chi connectivity index (χ1) is 6.68. The molecule has 0 bridgehead atoms. The highest BCUT2D eigenvalue weighted by atomic mass is 16.5. The molecule has 1 N–H and O–H groups in total. The van der Waals surface area contributed by atoms with Crippen molar-refractivity contribution in [2.24, 2.45) is 5.92 Å². The van der Waals surface area contributed by atoms with Crippen LogP contribution in [0, 0.1) is 5.92 Å². The molecule has 5 heteroatoms. The van der Waals surface area contributed by atoms with Crippen LogP contribution in [0.5, 0.6) is 0 Å². The third kappa shape index (κ3) is 1.93. The van der Waals surface area contributed by atoms with Crippen molar-refractivity contribution in [2.75, 3.05) is 19.8 Å². The van der Waals surface area contributed by atoms with Gasteiger partial charge < -0.3 is 9.84 Å². The second kappa shape index (κ2) is 3.67. The third-order valence-corrected chi connectivity index (χ3v) is 2.59. The minimum atomic E-state index is -0.555. The van der Waals surface area contributed by atoms with Gasteiger partial charge >= 0.3 is 0 Å². The summed E-state index contributed by atoms with van der Waals surface area (Å²) in [6, 6.07) is 0. The summed E-state index contributed by atoms with van der Waals surface area (Å²) < 4.78 is 4.76. The first-order valence-corrected chi connectivity index (χ1v) is 4.77. The zero-order valence-electron chi connectivity index (χ0n) is 7.81. The first-order valence-electron chi connectivity index (χ1n) is 4.77. The number of aliphatic hydroxyl groups is 1. The maximum absolute atomic E-state index is 11.3. The van der Waals surface area contributed by atoms with Gasteiger partial charge in [-0.2, -0.15) is 0 Å². The number of nitrogens with zero attached hydrogens (tertiary/aromatic N) is 1. The van der Waals surface area contributed by atoms with Crippen LogP contribution < -0.4 is 0 Å². The summed E-state index contributed by atoms with van der Waals surface area (Å²) in [6.07, 6.45) is 1.43. The Labute approximate surface area is 81.6 Å². The van der Waals surface area contributed by atoms with Crippen molar-refractivity contribution in [1.82, 2.24) is 4.90 Å². The highest BCUT2D eigenvalue weighted by Gasteiger charge is 2.35. The molecule has 1 unspecified atom stereocenters. The molecule has 1 atom stereocenters. The lowest BCUT2D eigenvalue weighted by Gasteiger charge is -2.26. The minimum Gasteiger partial charge on any atom is -0.391 e. The Morgan fingerprint density at radius 3 is 2.43 bits per heavy atom. The van der Waals surface area contributed by atoms with E-state index in [4.69, 9.17) is 4.74 Å². The van der Waals surface area contributed by atoms with E-state index in [9.17, 15) is 14.7 Å². The number of hydrogen-bond donors (Lipinski definition) is 1. The van der Waals surface area contributed by atoms with Gasteiger partial charge in [0.25, 0.3) is 11.8 Å². The second-order valence-electron chi connectivity index (χ2n) is 3.80. The van der Waals surface area contributed by atoms with Gasteiger partial charge in [-0.05, 0) is 18.8 Å². The fourth-order valence-electron chi connectivity index (χ4n) is 1.54. The van der Waals surface area contributed by atoms with Crippen molar-refractivity contribution in [2.45, 2.75) is 18.9 Å². The van der Waals surface area contributed by atoms with Gasteiger partial charge in [-0.25, -0.2) is 0 Å². The minimum absolute atomic E-state index is 0.0525. The SMILES string of the molecule is O=C1COCC(=O)N1CC(O)C1CC1. The molecule has 0 radical (unpaired) electrons. The molecular weight excluding hydrogens is 186 g/mol. The Balaban J connectivity index is 1.92. The zero-order valence-corrected chi connectivity index (χ0v) is 7.81. The van der Waals surface area contributed by atoms with E-state index in [0.29, 0.717) is 0 Å². The predicted molar refractivity (Wildman–Crippen MR) is 46.3 cm³/mol. The van der Waals surface area contributed by atoms with Gasteiger partial charge in [0.2, 0.25) is 0 Å². The standard InChI is InChI=1S/C9H13NO4/c11-7(6-1-2-6)3-10-8(12)4-14-5-9(10)13/h6-7,11H,1-5H2. The van der Waals surface area contributed by atoms with Crippen molar-refractivity contribution in [3.05, 3.63) is 0 Å². The number of morpholine rings is 1. The van der Waals surface area contributed by atoms with E-state index in [1.165, 1.54) is 0 Å². The third-order valence-electron chi connectivity index (χ3n) is 2.59. The second-order valence-corrected chi connectivity index (χ2v) is 3.80. The molecule has 1 aliphatic heterocycles. The summed E-state index contributed by atoms with van der Waals surface area (Å²) in [7, 11) is 0. The molecule has 2 amide bonds. The number of imide groups is 1. The monoisotopic (exact) mass is 199 g/mol. The van der Waals surface area contributed by atoms with Gasteiger partial charge in [-0.15, -0.1) is 0 Å². The van der Waals surface area contributed by atoms with Crippen LogP contribution >= 0.6 is 0 Å². The molecule has 1 heterocycles. The predicted octanol–water partition coefficient (Wildman–Crippen LogP) is -0.857. The Kier molecular flexibility index (Phi) is 2.52. The molecular formula is C9H13NO4. The number of aliphatic hydroxyl groups excluding tert-OH is 1. The molecule has 14 heavy (non-hydrogen) atoms. The summed E-state index contributed by atoms with van der Waals surface area (Å²) in [5.41, 5.74) is 0. The van der Waals surface area contributed by atoms with Crippen LogP contribution in [0.1, 0.15) is 12.8 Å². The molecule has 0 aromatic rings. The van der Waals surface area contributed by atoms with Gasteiger partial charge in [0.1, 0.15) is 13.2 Å². The molecule has 0 aromatic carbocycles. The lowest BCUT2D eigenvalue weighted by Crippen LogP contribution is -2.49. The topological polar surface area (TPSA) is 66.8 Å². The average molecular weight is 199 g/mol. The number of rotatable bonds is 3. The van der Waals surface area contributed by atoms with Gasteiger partial charge in [0, 0.05) is 0 Å². The summed E-state index contributed by atoms with van der Waals surface area (Å²) in [4.78, 5) is 23.6. The molecule has 1 aliphatic carbocycles. The maximum atomic E-state index is 11.3. The van der Waals surface area contributed by atoms with Crippen LogP contribution in [0.15, 0.2) is 0 Å². The molecule has 0 aromatic heterocycles. The Morgan fingerprint density at radius 1 is 1.36 bits per heavy atom. The van der Waals surface area contributed by atoms with E-state index >= 15 is 0 Å². The molecule has 1 saturated heterocycles. The average Bonchev–Trinajstić information content (AvgIpc) is 2.94. The Morgan fingerprint density at radius 2 is 1.93 bits per heavy atom. The van der Waals surface area contributed by atoms with Crippen molar-refractivity contribution in [1.29, 1.82) is 0 Å². The van der Waals surface area contributed by atoms with Crippen LogP contribution in [0.3, 0.4) is 0 Å². The maximum Gasteiger partial charge on any atom is 0.255 e. The molecule has 2 rings (SSSR count). The lowest BCUT2D eigenvalue weighted by atomic mass is 10.2. The summed E-state index contributed by atoms with van der Waals surface area (Å²) in [5, 5.41) is 9.59. The summed E-state index contributed by atoms with van der Waals surface area (Å²) >= 11 is 0. The van der Waals surface area contributed by atoms with Gasteiger partial charge in [0.15, 0.2) is 0 Å². The van der Waals surface area contributed by atoms with Crippen molar-refractivity contribution >= 4 is 11.8 Å². The van der Waals surface area contributed by atoms with Crippen molar-refractivity contribution in [3.63, 3.8) is 0 Å². The summed E-state index contributed by atoms with van der Waals surface area (Å²) in [5.74, 6) is -0.416. The molecule has 2 fully saturated rings. The molecule has 2 aliphatic rings. The van der Waals surface area contributed by atoms with Gasteiger partial charge in [-0.1, -0.05) is 0 Å². The lowest BCUT2D eigenvalue weighted by molar-refractivity contribution is -0.160. The number of hydrogen-bond acceptors (Lipinski definition) is 4. The van der Waals surface area contributed by atoms with Crippen molar-refractivity contribution in [3.8, 4) is 0 Å². The Hall–Kier alpha value is -0.940. The molecule has 0 spiro atoms. The highest BCUT2D eigenvalue weighted by Crippen LogP contribution is 2.32. The van der Waals surface area contributed by atoms with Crippen LogP contribution in [0.2, 0.25) is 0 Å². The molecule has 1 saturated carbocycles. The fraction of sp³-hybridized carbons (Fsp3) is 0.778. The fourth-order valence-corrected chi connectivity index (χ4v) is 1.54. The van der Waals surface area contributed by atoms with Crippen LogP contribution in [-0.4, -0.2) is 47.7 Å². The highest BCUT2D eigenvalue weighted by molar-refractivity contribution is 5.98. The largest absolute Gasteiger partial charge is 0.391 e. The number of β-amino-alcohol motifs (C(OH)–C–C–N with tert-alkyl or cyclic N) is 1. The van der Waals surface area contributed by atoms with Gasteiger partial charge in [-0.3, -0.25) is 14.5 Å². The van der Waals surface area contributed by atoms with Gasteiger partial charge in [0.05, 0.1) is 12.6 Å². The normalized spacial score (nSPS) is 25.4. The number of amides is 2. The van der Waals surface area contributed by atoms with E-state index in [0.717, 1.165) is 17.7 Å². The first kappa shape index (κ1) is 9.61. The van der Waals surface area contributed by atoms with Crippen LogP contribution in [-0.2, 0) is 14.3 Å². The van der Waals surface area contributed by atoms with Crippen LogP contribution in [0.25, 0.3) is 0 Å². The van der Waals surface area contributed by atoms with E-state index in [1.807, 2.05) is 0 Å². The zero-order chi connectivity index (χ0) is 10.1. The van der Waals surface area contributed by atoms with E-state index in [1.54, 1.807) is 0 Å². The number of ether oxygens (including phenoxy) is 1. The van der Waals surface area contributed by atoms with E-state index in [-0.39, 0.29) is 37.5 Å². The Bertz CT molecular complexity index is 246. The van der Waals surface area contributed by atoms with E-state index in [2.05, 4.69) is 0 Å². The molecule has 5 nitrogen and oxygen atoms in total. The van der Waals surface area contributed by atoms with E-state index < -0.39 is 6.10 Å². The smallest absolute Gasteiger partial charge is 0.255 e. The number of carbonyl (C=O) groups is 2. The van der Waals surface area contributed by atoms with Crippen LogP contribution in [0.4, 0.5) is 0 Å². The molecule has 78 valence electrons.